The Kier molecular flexibility index (Phi) is 9.57. The first-order valence-electron chi connectivity index (χ1n) is 10.8. The summed E-state index contributed by atoms with van der Waals surface area (Å²) in [7, 11) is 1.25. The second kappa shape index (κ2) is 12.4. The van der Waals surface area contributed by atoms with Gasteiger partial charge in [0.1, 0.15) is 6.04 Å². The van der Waals surface area contributed by atoms with Gasteiger partial charge in [0.05, 0.1) is 44.0 Å². The van der Waals surface area contributed by atoms with Crippen LogP contribution in [0, 0.1) is 0 Å². The van der Waals surface area contributed by atoms with Gasteiger partial charge >= 0.3 is 5.97 Å². The third kappa shape index (κ3) is 6.29. The SMILES string of the molecule is C=C/C(Cl)=C(C(=O)NC(Cc1ccc2nc(-c3c(Cl)cccc3Cl)ccc2c1)C(=O)OC)\C(Cl)=C/C. The second-order valence-electron chi connectivity index (χ2n) is 7.64. The number of hydrogen-bond donors (Lipinski definition) is 1. The first kappa shape index (κ1) is 27.8. The quantitative estimate of drug-likeness (QED) is 0.178. The van der Waals surface area contributed by atoms with Crippen LogP contribution in [-0.4, -0.2) is 30.0 Å². The fourth-order valence-corrected chi connectivity index (χ4v) is 4.58. The Morgan fingerprint density at radius 1 is 1.11 bits per heavy atom. The molecule has 0 radical (unpaired) electrons. The van der Waals surface area contributed by atoms with Crippen LogP contribution < -0.4 is 5.32 Å². The molecule has 5 nitrogen and oxygen atoms in total. The minimum absolute atomic E-state index is 0.0122. The number of halogens is 4. The fraction of sp³-hybridized carbons (Fsp3) is 0.148. The number of nitrogens with one attached hydrogen (secondary N) is 1. The number of ether oxygens (including phenoxy) is 1. The highest BCUT2D eigenvalue weighted by molar-refractivity contribution is 6.40. The van der Waals surface area contributed by atoms with Crippen molar-refractivity contribution in [3.05, 3.63) is 98.5 Å². The van der Waals surface area contributed by atoms with Crippen molar-refractivity contribution in [1.82, 2.24) is 10.3 Å². The van der Waals surface area contributed by atoms with E-state index in [1.807, 2.05) is 30.3 Å². The van der Waals surface area contributed by atoms with Gasteiger partial charge in [0, 0.05) is 17.4 Å². The van der Waals surface area contributed by atoms with Crippen molar-refractivity contribution >= 4 is 69.2 Å². The zero-order valence-electron chi connectivity index (χ0n) is 19.4. The summed E-state index contributed by atoms with van der Waals surface area (Å²) in [6.45, 7) is 5.24. The molecule has 0 spiro atoms. The van der Waals surface area contributed by atoms with Crippen LogP contribution in [-0.2, 0) is 20.7 Å². The van der Waals surface area contributed by atoms with Gasteiger partial charge in [-0.25, -0.2) is 9.78 Å². The zero-order valence-corrected chi connectivity index (χ0v) is 22.5. The normalized spacial score (nSPS) is 13.1. The second-order valence-corrected chi connectivity index (χ2v) is 9.27. The number of carbonyl (C=O) groups is 2. The number of esters is 1. The average molecular weight is 564 g/mol. The molecule has 0 aliphatic rings. The van der Waals surface area contributed by atoms with Crippen molar-refractivity contribution in [2.45, 2.75) is 19.4 Å². The predicted octanol–water partition coefficient (Wildman–Crippen LogP) is 7.23. The van der Waals surface area contributed by atoms with Crippen LogP contribution in [0.4, 0.5) is 0 Å². The lowest BCUT2D eigenvalue weighted by Crippen LogP contribution is -2.43. The third-order valence-electron chi connectivity index (χ3n) is 5.34. The molecule has 1 N–H and O–H groups in total. The van der Waals surface area contributed by atoms with E-state index in [0.29, 0.717) is 26.8 Å². The summed E-state index contributed by atoms with van der Waals surface area (Å²) >= 11 is 25.0. The van der Waals surface area contributed by atoms with E-state index in [1.54, 1.807) is 25.1 Å². The lowest BCUT2D eigenvalue weighted by Gasteiger charge is -2.18. The van der Waals surface area contributed by atoms with Gasteiger partial charge in [0.15, 0.2) is 0 Å². The molecule has 9 heteroatoms. The molecule has 1 unspecified atom stereocenters. The molecule has 0 aliphatic heterocycles. The molecule has 3 aromatic rings. The molecule has 0 saturated heterocycles. The molecule has 1 aromatic heterocycles. The van der Waals surface area contributed by atoms with Gasteiger partial charge in [-0.1, -0.05) is 77.3 Å². The molecule has 36 heavy (non-hydrogen) atoms. The molecule has 2 aromatic carbocycles. The summed E-state index contributed by atoms with van der Waals surface area (Å²) in [6, 6.07) is 13.5. The van der Waals surface area contributed by atoms with Crippen molar-refractivity contribution in [2.24, 2.45) is 0 Å². The van der Waals surface area contributed by atoms with Crippen LogP contribution >= 0.6 is 46.4 Å². The number of allylic oxidation sites excluding steroid dienone is 3. The van der Waals surface area contributed by atoms with E-state index in [-0.39, 0.29) is 22.1 Å². The first-order chi connectivity index (χ1) is 17.2. The highest BCUT2D eigenvalue weighted by Crippen LogP contribution is 2.34. The number of benzene rings is 2. The van der Waals surface area contributed by atoms with Crippen LogP contribution in [0.25, 0.3) is 22.2 Å². The summed E-state index contributed by atoms with van der Waals surface area (Å²) in [5.74, 6) is -1.24. The van der Waals surface area contributed by atoms with Gasteiger partial charge in [0.2, 0.25) is 0 Å². The zero-order chi connectivity index (χ0) is 26.4. The summed E-state index contributed by atoms with van der Waals surface area (Å²) < 4.78 is 4.91. The lowest BCUT2D eigenvalue weighted by molar-refractivity contribution is -0.144. The third-order valence-corrected chi connectivity index (χ3v) is 6.72. The standard InChI is InChI=1S/C27H22Cl4N2O3/c1-4-17(28)25(18(29)5-2)26(34)33-23(27(35)36-3)14-15-9-11-21-16(13-15)10-12-22(32-21)24-19(30)7-6-8-20(24)31/h4-13,23H,1,14H2,2-3H3,(H,33,34)/b18-5+,25-17-. The van der Waals surface area contributed by atoms with Crippen molar-refractivity contribution in [3.8, 4) is 11.3 Å². The Balaban J connectivity index is 1.91. The van der Waals surface area contributed by atoms with Crippen molar-refractivity contribution < 1.29 is 14.3 Å². The largest absolute Gasteiger partial charge is 0.467 e. The maximum absolute atomic E-state index is 12.9. The van der Waals surface area contributed by atoms with Crippen LogP contribution in [0.1, 0.15) is 12.5 Å². The highest BCUT2D eigenvalue weighted by atomic mass is 35.5. The molecule has 1 amide bonds. The lowest BCUT2D eigenvalue weighted by atomic mass is 10.0. The molecular weight excluding hydrogens is 542 g/mol. The summed E-state index contributed by atoms with van der Waals surface area (Å²) in [6.07, 6.45) is 2.99. The van der Waals surface area contributed by atoms with Crippen LogP contribution in [0.5, 0.6) is 0 Å². The molecule has 0 fully saturated rings. The Hall–Kier alpha value is -2.83. The first-order valence-corrected chi connectivity index (χ1v) is 12.3. The molecular formula is C27H22Cl4N2O3. The summed E-state index contributed by atoms with van der Waals surface area (Å²) in [5.41, 5.74) is 2.81. The number of aromatic nitrogens is 1. The van der Waals surface area contributed by atoms with Gasteiger partial charge in [-0.3, -0.25) is 4.79 Å². The number of fused-ring (bicyclic) bond motifs is 1. The van der Waals surface area contributed by atoms with E-state index in [2.05, 4.69) is 16.9 Å². The van der Waals surface area contributed by atoms with Gasteiger partial charge in [-0.2, -0.15) is 0 Å². The van der Waals surface area contributed by atoms with Gasteiger partial charge in [-0.15, -0.1) is 0 Å². The molecule has 0 saturated carbocycles. The van der Waals surface area contributed by atoms with E-state index in [0.717, 1.165) is 10.9 Å². The minimum Gasteiger partial charge on any atom is -0.467 e. The maximum atomic E-state index is 12.9. The van der Waals surface area contributed by atoms with E-state index < -0.39 is 17.9 Å². The molecule has 0 bridgehead atoms. The highest BCUT2D eigenvalue weighted by Gasteiger charge is 2.26. The Labute approximate surface area is 229 Å². The number of pyridine rings is 1. The van der Waals surface area contributed by atoms with E-state index in [1.165, 1.54) is 19.3 Å². The number of amides is 1. The van der Waals surface area contributed by atoms with E-state index >= 15 is 0 Å². The average Bonchev–Trinajstić information content (AvgIpc) is 2.87. The number of methoxy groups -OCH3 is 1. The Morgan fingerprint density at radius 2 is 1.81 bits per heavy atom. The summed E-state index contributed by atoms with van der Waals surface area (Å²) in [5, 5.41) is 4.70. The number of rotatable bonds is 8. The molecule has 1 atom stereocenters. The maximum Gasteiger partial charge on any atom is 0.328 e. The van der Waals surface area contributed by atoms with E-state index in [9.17, 15) is 9.59 Å². The molecule has 3 rings (SSSR count). The fourth-order valence-electron chi connectivity index (χ4n) is 3.56. The predicted molar refractivity (Wildman–Crippen MR) is 148 cm³/mol. The smallest absolute Gasteiger partial charge is 0.328 e. The van der Waals surface area contributed by atoms with Crippen molar-refractivity contribution in [3.63, 3.8) is 0 Å². The monoisotopic (exact) mass is 562 g/mol. The van der Waals surface area contributed by atoms with Gasteiger partial charge in [0.25, 0.3) is 5.91 Å². The van der Waals surface area contributed by atoms with Crippen molar-refractivity contribution in [2.75, 3.05) is 7.11 Å². The number of carbonyl (C=O) groups excluding carboxylic acids is 2. The number of nitrogens with zero attached hydrogens (tertiary/aromatic N) is 1. The van der Waals surface area contributed by atoms with Gasteiger partial charge in [-0.05, 0) is 48.9 Å². The molecule has 1 heterocycles. The topological polar surface area (TPSA) is 68.3 Å². The Bertz CT molecular complexity index is 1380. The van der Waals surface area contributed by atoms with Crippen LogP contribution in [0.3, 0.4) is 0 Å². The van der Waals surface area contributed by atoms with Gasteiger partial charge < -0.3 is 10.1 Å². The van der Waals surface area contributed by atoms with Crippen LogP contribution in [0.15, 0.2) is 82.9 Å². The van der Waals surface area contributed by atoms with Crippen molar-refractivity contribution in [1.29, 1.82) is 0 Å². The van der Waals surface area contributed by atoms with E-state index in [4.69, 9.17) is 51.1 Å². The molecule has 186 valence electrons. The Morgan fingerprint density at radius 3 is 2.42 bits per heavy atom. The minimum atomic E-state index is -0.986. The van der Waals surface area contributed by atoms with Crippen LogP contribution in [0.2, 0.25) is 10.0 Å². The molecule has 0 aliphatic carbocycles. The number of hydrogen-bond acceptors (Lipinski definition) is 4. The summed E-state index contributed by atoms with van der Waals surface area (Å²) in [4.78, 5) is 30.1.